The van der Waals surface area contributed by atoms with Crippen LogP contribution in [0.4, 0.5) is 5.69 Å². The fraction of sp³-hybridized carbons (Fsp3) is 0.533. The van der Waals surface area contributed by atoms with E-state index in [1.54, 1.807) is 24.3 Å². The van der Waals surface area contributed by atoms with E-state index in [0.717, 1.165) is 37.9 Å². The van der Waals surface area contributed by atoms with E-state index in [-0.39, 0.29) is 16.9 Å². The van der Waals surface area contributed by atoms with Gasteiger partial charge in [-0.25, -0.2) is 17.9 Å². The lowest BCUT2D eigenvalue weighted by Crippen LogP contribution is -2.48. The predicted molar refractivity (Wildman–Crippen MR) is 83.7 cm³/mol. The maximum atomic E-state index is 12.0. The highest BCUT2D eigenvalue weighted by molar-refractivity contribution is 7.90. The third-order valence-corrected chi connectivity index (χ3v) is 6.21. The number of carboxylic acid groups (broad SMARTS) is 1. The molecule has 0 radical (unpaired) electrons. The molecule has 22 heavy (non-hydrogen) atoms. The number of sulfonamides is 1. The van der Waals surface area contributed by atoms with Crippen molar-refractivity contribution in [3.05, 3.63) is 29.8 Å². The van der Waals surface area contributed by atoms with Gasteiger partial charge in [0, 0.05) is 24.8 Å². The average molecular weight is 324 g/mol. The second-order valence-corrected chi connectivity index (χ2v) is 7.99. The lowest BCUT2D eigenvalue weighted by Gasteiger charge is -2.34. The molecule has 1 aromatic rings. The molecule has 1 saturated carbocycles. The van der Waals surface area contributed by atoms with Crippen LogP contribution in [-0.4, -0.2) is 43.9 Å². The molecular weight excluding hydrogens is 304 g/mol. The topological polar surface area (TPSA) is 86.7 Å². The Morgan fingerprint density at radius 3 is 2.45 bits per heavy atom. The normalized spacial score (nSPS) is 22.5. The van der Waals surface area contributed by atoms with Gasteiger partial charge in [-0.2, -0.15) is 0 Å². The highest BCUT2D eigenvalue weighted by atomic mass is 32.2. The molecule has 1 heterocycles. The van der Waals surface area contributed by atoms with Crippen LogP contribution in [0, 0.1) is 0 Å². The van der Waals surface area contributed by atoms with Crippen LogP contribution in [0.2, 0.25) is 0 Å². The number of hydrogen-bond donors (Lipinski definition) is 2. The van der Waals surface area contributed by atoms with Crippen molar-refractivity contribution in [2.24, 2.45) is 0 Å². The van der Waals surface area contributed by atoms with Crippen molar-refractivity contribution in [3.63, 3.8) is 0 Å². The van der Waals surface area contributed by atoms with Gasteiger partial charge in [0.15, 0.2) is 0 Å². The summed E-state index contributed by atoms with van der Waals surface area (Å²) in [4.78, 5) is 13.0. The SMILES string of the molecule is O=C(O)c1ccc(N2CCCC(NS(=O)(=O)C3CC3)C2)cc1. The molecule has 2 fully saturated rings. The summed E-state index contributed by atoms with van der Waals surface area (Å²) in [5.74, 6) is -0.944. The predicted octanol–water partition coefficient (Wildman–Crippen LogP) is 1.44. The molecule has 0 spiro atoms. The van der Waals surface area contributed by atoms with Crippen LogP contribution in [0.25, 0.3) is 0 Å². The Kier molecular flexibility index (Phi) is 4.10. The van der Waals surface area contributed by atoms with E-state index in [1.165, 1.54) is 0 Å². The van der Waals surface area contributed by atoms with Crippen LogP contribution in [0.15, 0.2) is 24.3 Å². The smallest absolute Gasteiger partial charge is 0.335 e. The van der Waals surface area contributed by atoms with Crippen molar-refractivity contribution in [1.29, 1.82) is 0 Å². The van der Waals surface area contributed by atoms with Gasteiger partial charge >= 0.3 is 5.97 Å². The van der Waals surface area contributed by atoms with Crippen LogP contribution < -0.4 is 9.62 Å². The van der Waals surface area contributed by atoms with E-state index in [9.17, 15) is 13.2 Å². The minimum Gasteiger partial charge on any atom is -0.478 e. The molecule has 1 aliphatic carbocycles. The summed E-state index contributed by atoms with van der Waals surface area (Å²) in [5.41, 5.74) is 1.19. The number of nitrogens with one attached hydrogen (secondary N) is 1. The maximum Gasteiger partial charge on any atom is 0.335 e. The van der Waals surface area contributed by atoms with E-state index in [4.69, 9.17) is 5.11 Å². The Hall–Kier alpha value is -1.60. The molecule has 0 aromatic heterocycles. The summed E-state index contributed by atoms with van der Waals surface area (Å²) in [6, 6.07) is 6.65. The number of carboxylic acids is 1. The van der Waals surface area contributed by atoms with Gasteiger partial charge in [-0.3, -0.25) is 0 Å². The second kappa shape index (κ2) is 5.89. The van der Waals surface area contributed by atoms with Gasteiger partial charge in [0.1, 0.15) is 0 Å². The Labute approximate surface area is 130 Å². The number of aromatic carboxylic acids is 1. The number of nitrogens with zero attached hydrogens (tertiary/aromatic N) is 1. The summed E-state index contributed by atoms with van der Waals surface area (Å²) in [5, 5.41) is 8.73. The van der Waals surface area contributed by atoms with Gasteiger partial charge in [0.2, 0.25) is 10.0 Å². The first kappa shape index (κ1) is 15.3. The van der Waals surface area contributed by atoms with Crippen molar-refractivity contribution in [2.45, 2.75) is 37.0 Å². The van der Waals surface area contributed by atoms with Crippen molar-refractivity contribution < 1.29 is 18.3 Å². The van der Waals surface area contributed by atoms with Gasteiger partial charge in [0.05, 0.1) is 10.8 Å². The van der Waals surface area contributed by atoms with E-state index in [2.05, 4.69) is 9.62 Å². The van der Waals surface area contributed by atoms with E-state index >= 15 is 0 Å². The van der Waals surface area contributed by atoms with E-state index in [0.29, 0.717) is 6.54 Å². The van der Waals surface area contributed by atoms with E-state index in [1.807, 2.05) is 0 Å². The second-order valence-electron chi connectivity index (χ2n) is 6.00. The first-order valence-corrected chi connectivity index (χ1v) is 9.10. The zero-order valence-electron chi connectivity index (χ0n) is 12.2. The first-order chi connectivity index (χ1) is 10.5. The molecule has 1 saturated heterocycles. The average Bonchev–Trinajstić information content (AvgIpc) is 3.32. The highest BCUT2D eigenvalue weighted by Crippen LogP contribution is 2.28. The van der Waals surface area contributed by atoms with Crippen molar-refractivity contribution >= 4 is 21.7 Å². The molecule has 1 aliphatic heterocycles. The fourth-order valence-electron chi connectivity index (χ4n) is 2.83. The molecule has 2 N–H and O–H groups in total. The molecule has 1 unspecified atom stereocenters. The molecule has 0 amide bonds. The number of hydrogen-bond acceptors (Lipinski definition) is 4. The molecule has 1 atom stereocenters. The quantitative estimate of drug-likeness (QED) is 0.856. The van der Waals surface area contributed by atoms with Crippen LogP contribution in [0.3, 0.4) is 0 Å². The Bertz CT molecular complexity index is 653. The van der Waals surface area contributed by atoms with Crippen molar-refractivity contribution in [1.82, 2.24) is 4.72 Å². The van der Waals surface area contributed by atoms with Crippen molar-refractivity contribution in [2.75, 3.05) is 18.0 Å². The summed E-state index contributed by atoms with van der Waals surface area (Å²) < 4.78 is 26.9. The fourth-order valence-corrected chi connectivity index (χ4v) is 4.44. The lowest BCUT2D eigenvalue weighted by molar-refractivity contribution is 0.0697. The molecule has 7 heteroatoms. The number of carbonyl (C=O) groups is 1. The molecule has 120 valence electrons. The monoisotopic (exact) mass is 324 g/mol. The number of rotatable bonds is 5. The molecule has 6 nitrogen and oxygen atoms in total. The summed E-state index contributed by atoms with van der Waals surface area (Å²) in [7, 11) is -3.16. The van der Waals surface area contributed by atoms with Gasteiger partial charge in [-0.1, -0.05) is 0 Å². The lowest BCUT2D eigenvalue weighted by atomic mass is 10.1. The molecular formula is C15H20N2O4S. The summed E-state index contributed by atoms with van der Waals surface area (Å²) in [6.45, 7) is 1.48. The summed E-state index contributed by atoms with van der Waals surface area (Å²) >= 11 is 0. The Balaban J connectivity index is 1.66. The maximum absolute atomic E-state index is 12.0. The first-order valence-electron chi connectivity index (χ1n) is 7.55. The molecule has 1 aromatic carbocycles. The summed E-state index contributed by atoms with van der Waals surface area (Å²) in [6.07, 6.45) is 3.29. The van der Waals surface area contributed by atoms with Gasteiger partial charge in [-0.15, -0.1) is 0 Å². The Morgan fingerprint density at radius 1 is 1.18 bits per heavy atom. The largest absolute Gasteiger partial charge is 0.478 e. The standard InChI is InChI=1S/C15H20N2O4S/c18-15(19)11-3-5-13(6-4-11)17-9-1-2-12(10-17)16-22(20,21)14-7-8-14/h3-6,12,14,16H,1-2,7-10H2,(H,18,19). The van der Waals surface area contributed by atoms with Crippen LogP contribution in [-0.2, 0) is 10.0 Å². The minimum absolute atomic E-state index is 0.0708. The zero-order chi connectivity index (χ0) is 15.7. The van der Waals surface area contributed by atoms with Crippen LogP contribution in [0.1, 0.15) is 36.0 Å². The third kappa shape index (κ3) is 3.41. The minimum atomic E-state index is -3.16. The third-order valence-electron chi connectivity index (χ3n) is 4.19. The number of piperidine rings is 1. The number of benzene rings is 1. The van der Waals surface area contributed by atoms with Gasteiger partial charge < -0.3 is 10.0 Å². The zero-order valence-corrected chi connectivity index (χ0v) is 13.1. The van der Waals surface area contributed by atoms with Crippen LogP contribution >= 0.6 is 0 Å². The van der Waals surface area contributed by atoms with E-state index < -0.39 is 16.0 Å². The number of anilines is 1. The van der Waals surface area contributed by atoms with Crippen molar-refractivity contribution in [3.8, 4) is 0 Å². The molecule has 2 aliphatic rings. The van der Waals surface area contributed by atoms with Crippen LogP contribution in [0.5, 0.6) is 0 Å². The Morgan fingerprint density at radius 2 is 1.86 bits per heavy atom. The van der Waals surface area contributed by atoms with Gasteiger partial charge in [-0.05, 0) is 49.9 Å². The van der Waals surface area contributed by atoms with Gasteiger partial charge in [0.25, 0.3) is 0 Å². The molecule has 3 rings (SSSR count). The highest BCUT2D eigenvalue weighted by Gasteiger charge is 2.37. The molecule has 0 bridgehead atoms.